The van der Waals surface area contributed by atoms with Crippen LogP contribution in [0.2, 0.25) is 0 Å². The molecule has 1 rings (SSSR count). The van der Waals surface area contributed by atoms with Crippen LogP contribution in [0.1, 0.15) is 38.7 Å². The number of carboxylic acids is 1. The number of carboxylic acid groups (broad SMARTS) is 1. The second-order valence-corrected chi connectivity index (χ2v) is 5.60. The van der Waals surface area contributed by atoms with Gasteiger partial charge in [-0.1, -0.05) is 47.8 Å². The molecule has 100 valence electrons. The maximum Gasteiger partial charge on any atom is 0.309 e. The van der Waals surface area contributed by atoms with Gasteiger partial charge in [-0.25, -0.2) is 0 Å². The number of carbonyl (C=O) groups is 1. The van der Waals surface area contributed by atoms with Crippen LogP contribution >= 0.6 is 15.9 Å². The standard InChI is InChI=1S/C14H19BrO3/c1-3-4-5-12(13(16)17)14(2,18)10-6-8-11(15)9-7-10/h6-9,12,18H,3-5H2,1-2H3,(H,16,17). The lowest BCUT2D eigenvalue weighted by atomic mass is 9.80. The summed E-state index contributed by atoms with van der Waals surface area (Å²) < 4.78 is 0.905. The molecule has 18 heavy (non-hydrogen) atoms. The summed E-state index contributed by atoms with van der Waals surface area (Å²) in [7, 11) is 0. The minimum atomic E-state index is -1.35. The van der Waals surface area contributed by atoms with Gasteiger partial charge in [-0.15, -0.1) is 0 Å². The maximum atomic E-state index is 11.3. The van der Waals surface area contributed by atoms with Gasteiger partial charge in [0, 0.05) is 4.47 Å². The Bertz CT molecular complexity index is 398. The monoisotopic (exact) mass is 314 g/mol. The lowest BCUT2D eigenvalue weighted by molar-refractivity contribution is -0.152. The zero-order chi connectivity index (χ0) is 13.8. The first-order valence-electron chi connectivity index (χ1n) is 6.10. The molecule has 2 unspecified atom stereocenters. The number of unbranched alkanes of at least 4 members (excludes halogenated alkanes) is 1. The van der Waals surface area contributed by atoms with Gasteiger partial charge in [-0.3, -0.25) is 4.79 Å². The van der Waals surface area contributed by atoms with E-state index in [1.165, 1.54) is 0 Å². The molecule has 0 aliphatic heterocycles. The molecule has 0 spiro atoms. The second-order valence-electron chi connectivity index (χ2n) is 4.69. The van der Waals surface area contributed by atoms with Gasteiger partial charge in [0.05, 0.1) is 5.92 Å². The SMILES string of the molecule is CCCCC(C(=O)O)C(C)(O)c1ccc(Br)cc1. The predicted molar refractivity (Wildman–Crippen MR) is 74.4 cm³/mol. The molecule has 0 amide bonds. The third-order valence-electron chi connectivity index (χ3n) is 3.25. The zero-order valence-electron chi connectivity index (χ0n) is 10.7. The first kappa shape index (κ1) is 15.2. The molecule has 0 saturated heterocycles. The number of hydrogen-bond donors (Lipinski definition) is 2. The van der Waals surface area contributed by atoms with Crippen molar-refractivity contribution < 1.29 is 15.0 Å². The Kier molecular flexibility index (Phi) is 5.35. The molecular weight excluding hydrogens is 296 g/mol. The Morgan fingerprint density at radius 2 is 1.94 bits per heavy atom. The molecule has 1 aromatic carbocycles. The molecule has 0 bridgehead atoms. The van der Waals surface area contributed by atoms with Crippen molar-refractivity contribution >= 4 is 21.9 Å². The molecule has 0 radical (unpaired) electrons. The topological polar surface area (TPSA) is 57.5 Å². The number of rotatable bonds is 6. The van der Waals surface area contributed by atoms with Gasteiger partial charge in [-0.2, -0.15) is 0 Å². The van der Waals surface area contributed by atoms with Crippen molar-refractivity contribution in [3.05, 3.63) is 34.3 Å². The van der Waals surface area contributed by atoms with Crippen LogP contribution in [0, 0.1) is 5.92 Å². The van der Waals surface area contributed by atoms with Crippen molar-refractivity contribution in [3.8, 4) is 0 Å². The van der Waals surface area contributed by atoms with E-state index in [0.29, 0.717) is 12.0 Å². The van der Waals surface area contributed by atoms with Gasteiger partial charge in [0.1, 0.15) is 5.60 Å². The molecule has 2 atom stereocenters. The Balaban J connectivity index is 3.00. The average Bonchev–Trinajstić information content (AvgIpc) is 2.29. The average molecular weight is 315 g/mol. The summed E-state index contributed by atoms with van der Waals surface area (Å²) in [6.07, 6.45) is 2.19. The van der Waals surface area contributed by atoms with Gasteiger partial charge < -0.3 is 10.2 Å². The number of hydrogen-bond acceptors (Lipinski definition) is 2. The van der Waals surface area contributed by atoms with E-state index in [0.717, 1.165) is 17.3 Å². The third kappa shape index (κ3) is 3.56. The first-order chi connectivity index (χ1) is 8.39. The highest BCUT2D eigenvalue weighted by Crippen LogP contribution is 2.33. The second kappa shape index (κ2) is 6.34. The molecule has 0 heterocycles. The van der Waals surface area contributed by atoms with Crippen molar-refractivity contribution in [2.45, 2.75) is 38.7 Å². The van der Waals surface area contributed by atoms with Crippen molar-refractivity contribution in [2.24, 2.45) is 5.92 Å². The molecule has 0 fully saturated rings. The highest BCUT2D eigenvalue weighted by molar-refractivity contribution is 9.10. The van der Waals surface area contributed by atoms with Crippen LogP contribution in [0.25, 0.3) is 0 Å². The van der Waals surface area contributed by atoms with Crippen LogP contribution in [0.4, 0.5) is 0 Å². The Labute approximate surface area is 116 Å². The van der Waals surface area contributed by atoms with E-state index in [1.807, 2.05) is 19.1 Å². The van der Waals surface area contributed by atoms with E-state index in [9.17, 15) is 15.0 Å². The molecular formula is C14H19BrO3. The number of benzene rings is 1. The quantitative estimate of drug-likeness (QED) is 0.844. The summed E-state index contributed by atoms with van der Waals surface area (Å²) in [4.78, 5) is 11.3. The minimum absolute atomic E-state index is 0.481. The van der Waals surface area contributed by atoms with Gasteiger partial charge in [0.15, 0.2) is 0 Å². The molecule has 3 nitrogen and oxygen atoms in total. The Morgan fingerprint density at radius 3 is 2.39 bits per heavy atom. The van der Waals surface area contributed by atoms with Crippen LogP contribution in [0.3, 0.4) is 0 Å². The molecule has 0 aliphatic carbocycles. The fraction of sp³-hybridized carbons (Fsp3) is 0.500. The molecule has 4 heteroatoms. The maximum absolute atomic E-state index is 11.3. The summed E-state index contributed by atoms with van der Waals surface area (Å²) >= 11 is 3.32. The van der Waals surface area contributed by atoms with E-state index in [-0.39, 0.29) is 0 Å². The van der Waals surface area contributed by atoms with Crippen LogP contribution in [0.15, 0.2) is 28.7 Å². The fourth-order valence-electron chi connectivity index (χ4n) is 2.04. The van der Waals surface area contributed by atoms with E-state index in [2.05, 4.69) is 15.9 Å². The smallest absolute Gasteiger partial charge is 0.309 e. The minimum Gasteiger partial charge on any atom is -0.481 e. The highest BCUT2D eigenvalue weighted by atomic mass is 79.9. The zero-order valence-corrected chi connectivity index (χ0v) is 12.3. The summed E-state index contributed by atoms with van der Waals surface area (Å²) in [5.74, 6) is -1.73. The third-order valence-corrected chi connectivity index (χ3v) is 3.78. The van der Waals surface area contributed by atoms with Crippen LogP contribution in [-0.4, -0.2) is 16.2 Å². The van der Waals surface area contributed by atoms with E-state index in [4.69, 9.17) is 0 Å². The van der Waals surface area contributed by atoms with Gasteiger partial charge >= 0.3 is 5.97 Å². The van der Waals surface area contributed by atoms with Crippen LogP contribution in [-0.2, 0) is 10.4 Å². The lowest BCUT2D eigenvalue weighted by Crippen LogP contribution is -2.37. The van der Waals surface area contributed by atoms with Crippen molar-refractivity contribution in [3.63, 3.8) is 0 Å². The molecule has 0 saturated carbocycles. The van der Waals surface area contributed by atoms with E-state index < -0.39 is 17.5 Å². The molecule has 1 aromatic rings. The van der Waals surface area contributed by atoms with Crippen LogP contribution in [0.5, 0.6) is 0 Å². The van der Waals surface area contributed by atoms with Gasteiger partial charge in [0.2, 0.25) is 0 Å². The highest BCUT2D eigenvalue weighted by Gasteiger charge is 2.38. The fourth-order valence-corrected chi connectivity index (χ4v) is 2.31. The van der Waals surface area contributed by atoms with Crippen LogP contribution < -0.4 is 0 Å². The summed E-state index contributed by atoms with van der Waals surface area (Å²) in [5, 5.41) is 19.8. The predicted octanol–water partition coefficient (Wildman–Crippen LogP) is 3.55. The molecule has 2 N–H and O–H groups in total. The Morgan fingerprint density at radius 1 is 1.39 bits per heavy atom. The largest absolute Gasteiger partial charge is 0.481 e. The van der Waals surface area contributed by atoms with Gasteiger partial charge in [0.25, 0.3) is 0 Å². The molecule has 0 aromatic heterocycles. The summed E-state index contributed by atoms with van der Waals surface area (Å²) in [5.41, 5.74) is -0.712. The molecule has 0 aliphatic rings. The lowest BCUT2D eigenvalue weighted by Gasteiger charge is -2.30. The number of aliphatic hydroxyl groups is 1. The van der Waals surface area contributed by atoms with E-state index in [1.54, 1.807) is 19.1 Å². The number of halogens is 1. The van der Waals surface area contributed by atoms with Crippen molar-refractivity contribution in [1.29, 1.82) is 0 Å². The van der Waals surface area contributed by atoms with Crippen molar-refractivity contribution in [2.75, 3.05) is 0 Å². The van der Waals surface area contributed by atoms with Crippen molar-refractivity contribution in [1.82, 2.24) is 0 Å². The summed E-state index contributed by atoms with van der Waals surface area (Å²) in [6.45, 7) is 3.58. The number of aliphatic carboxylic acids is 1. The first-order valence-corrected chi connectivity index (χ1v) is 6.90. The van der Waals surface area contributed by atoms with E-state index >= 15 is 0 Å². The summed E-state index contributed by atoms with van der Waals surface area (Å²) in [6, 6.07) is 7.13. The van der Waals surface area contributed by atoms with Gasteiger partial charge in [-0.05, 0) is 31.0 Å². The Hall–Kier alpha value is -0.870. The normalized spacial score (nSPS) is 16.0.